The van der Waals surface area contributed by atoms with Crippen LogP contribution in [0.5, 0.6) is 0 Å². The highest BCUT2D eigenvalue weighted by atomic mass is 16.5. The summed E-state index contributed by atoms with van der Waals surface area (Å²) in [7, 11) is 0. The fraction of sp³-hybridized carbons (Fsp3) is 0.357. The van der Waals surface area contributed by atoms with Crippen LogP contribution < -0.4 is 0 Å². The average molecular weight is 216 g/mol. The SMILES string of the molecule is Cc1ccc(C2(C)CC(=O)C=CO2)c(C)c1. The highest BCUT2D eigenvalue weighted by molar-refractivity contribution is 5.91. The van der Waals surface area contributed by atoms with E-state index in [4.69, 9.17) is 4.74 Å². The minimum Gasteiger partial charge on any atom is -0.490 e. The molecule has 0 radical (unpaired) electrons. The Bertz CT molecular complexity index is 460. The summed E-state index contributed by atoms with van der Waals surface area (Å²) in [5, 5.41) is 0. The first kappa shape index (κ1) is 10.9. The van der Waals surface area contributed by atoms with Crippen molar-refractivity contribution in [2.24, 2.45) is 0 Å². The Hall–Kier alpha value is -1.57. The number of ketones is 1. The first-order valence-corrected chi connectivity index (χ1v) is 5.46. The lowest BCUT2D eigenvalue weighted by molar-refractivity contribution is -0.122. The normalized spacial score (nSPS) is 24.3. The summed E-state index contributed by atoms with van der Waals surface area (Å²) >= 11 is 0. The van der Waals surface area contributed by atoms with E-state index in [2.05, 4.69) is 32.0 Å². The fourth-order valence-electron chi connectivity index (χ4n) is 2.26. The Labute approximate surface area is 95.9 Å². The fourth-order valence-corrected chi connectivity index (χ4v) is 2.26. The maximum absolute atomic E-state index is 11.5. The zero-order chi connectivity index (χ0) is 11.8. The molecular formula is C14H16O2. The van der Waals surface area contributed by atoms with Crippen molar-refractivity contribution >= 4 is 5.78 Å². The predicted molar refractivity (Wildman–Crippen MR) is 63.1 cm³/mol. The molecule has 2 rings (SSSR count). The molecule has 1 aliphatic heterocycles. The molecule has 0 N–H and O–H groups in total. The van der Waals surface area contributed by atoms with E-state index in [1.807, 2.05) is 6.92 Å². The van der Waals surface area contributed by atoms with E-state index in [0.29, 0.717) is 6.42 Å². The molecule has 1 aromatic carbocycles. The van der Waals surface area contributed by atoms with Gasteiger partial charge >= 0.3 is 0 Å². The molecule has 0 spiro atoms. The van der Waals surface area contributed by atoms with Gasteiger partial charge in [0.15, 0.2) is 5.78 Å². The lowest BCUT2D eigenvalue weighted by Gasteiger charge is -2.32. The van der Waals surface area contributed by atoms with E-state index < -0.39 is 5.60 Å². The summed E-state index contributed by atoms with van der Waals surface area (Å²) in [5.74, 6) is 0.119. The smallest absolute Gasteiger partial charge is 0.163 e. The number of benzene rings is 1. The third-order valence-electron chi connectivity index (χ3n) is 3.05. The topological polar surface area (TPSA) is 26.3 Å². The van der Waals surface area contributed by atoms with Crippen LogP contribution >= 0.6 is 0 Å². The van der Waals surface area contributed by atoms with Gasteiger partial charge in [-0.05, 0) is 31.9 Å². The zero-order valence-corrected chi connectivity index (χ0v) is 9.91. The van der Waals surface area contributed by atoms with E-state index in [1.54, 1.807) is 0 Å². The summed E-state index contributed by atoms with van der Waals surface area (Å²) < 4.78 is 5.64. The number of allylic oxidation sites excluding steroid dienone is 1. The Balaban J connectivity index is 2.43. The first-order valence-electron chi connectivity index (χ1n) is 5.46. The monoisotopic (exact) mass is 216 g/mol. The maximum Gasteiger partial charge on any atom is 0.163 e. The minimum atomic E-state index is -0.510. The summed E-state index contributed by atoms with van der Waals surface area (Å²) in [6.45, 7) is 6.08. The summed E-state index contributed by atoms with van der Waals surface area (Å²) in [6, 6.07) is 6.23. The molecule has 0 fully saturated rings. The molecule has 2 heteroatoms. The van der Waals surface area contributed by atoms with Crippen LogP contribution in [0.4, 0.5) is 0 Å². The van der Waals surface area contributed by atoms with Gasteiger partial charge in [-0.3, -0.25) is 4.79 Å². The molecule has 1 aliphatic rings. The Kier molecular flexibility index (Phi) is 2.58. The van der Waals surface area contributed by atoms with Crippen molar-refractivity contribution < 1.29 is 9.53 Å². The summed E-state index contributed by atoms with van der Waals surface area (Å²) in [4.78, 5) is 11.5. The molecule has 0 amide bonds. The molecule has 1 unspecified atom stereocenters. The second kappa shape index (κ2) is 3.78. The molecule has 1 heterocycles. The van der Waals surface area contributed by atoms with Crippen LogP contribution in [0.15, 0.2) is 30.5 Å². The van der Waals surface area contributed by atoms with Gasteiger partial charge in [0.2, 0.25) is 0 Å². The molecule has 1 aromatic rings. The number of carbonyl (C=O) groups excluding carboxylic acids is 1. The number of carbonyl (C=O) groups is 1. The van der Waals surface area contributed by atoms with E-state index >= 15 is 0 Å². The van der Waals surface area contributed by atoms with Gasteiger partial charge < -0.3 is 4.74 Å². The van der Waals surface area contributed by atoms with E-state index in [0.717, 1.165) is 5.56 Å². The molecule has 0 aromatic heterocycles. The Morgan fingerprint density at radius 3 is 2.69 bits per heavy atom. The van der Waals surface area contributed by atoms with Crippen LogP contribution in [0.1, 0.15) is 30.0 Å². The van der Waals surface area contributed by atoms with Crippen LogP contribution in [-0.4, -0.2) is 5.78 Å². The van der Waals surface area contributed by atoms with Crippen LogP contribution in [0.3, 0.4) is 0 Å². The van der Waals surface area contributed by atoms with Gasteiger partial charge in [-0.25, -0.2) is 0 Å². The average Bonchev–Trinajstić information content (AvgIpc) is 2.16. The molecule has 16 heavy (non-hydrogen) atoms. The van der Waals surface area contributed by atoms with Crippen molar-refractivity contribution in [1.82, 2.24) is 0 Å². The van der Waals surface area contributed by atoms with Gasteiger partial charge in [-0.15, -0.1) is 0 Å². The van der Waals surface area contributed by atoms with Crippen molar-refractivity contribution in [1.29, 1.82) is 0 Å². The summed E-state index contributed by atoms with van der Waals surface area (Å²) in [5.41, 5.74) is 2.98. The number of hydrogen-bond acceptors (Lipinski definition) is 2. The van der Waals surface area contributed by atoms with Gasteiger partial charge in [-0.2, -0.15) is 0 Å². The second-order valence-corrected chi connectivity index (χ2v) is 4.61. The molecule has 1 atom stereocenters. The van der Waals surface area contributed by atoms with Crippen LogP contribution in [0, 0.1) is 13.8 Å². The molecule has 0 bridgehead atoms. The van der Waals surface area contributed by atoms with Gasteiger partial charge in [-0.1, -0.05) is 23.8 Å². The van der Waals surface area contributed by atoms with Gasteiger partial charge in [0.25, 0.3) is 0 Å². The van der Waals surface area contributed by atoms with Crippen LogP contribution in [0.25, 0.3) is 0 Å². The minimum absolute atomic E-state index is 0.119. The third-order valence-corrected chi connectivity index (χ3v) is 3.05. The Morgan fingerprint density at radius 1 is 1.31 bits per heavy atom. The van der Waals surface area contributed by atoms with Gasteiger partial charge in [0.1, 0.15) is 5.60 Å². The van der Waals surface area contributed by atoms with E-state index in [9.17, 15) is 4.79 Å². The zero-order valence-electron chi connectivity index (χ0n) is 9.91. The van der Waals surface area contributed by atoms with Crippen LogP contribution in [0.2, 0.25) is 0 Å². The second-order valence-electron chi connectivity index (χ2n) is 4.61. The van der Waals surface area contributed by atoms with Crippen molar-refractivity contribution in [3.8, 4) is 0 Å². The third kappa shape index (κ3) is 1.87. The standard InChI is InChI=1S/C14H16O2/c1-10-4-5-13(11(2)8-10)14(3)9-12(15)6-7-16-14/h4-8H,9H2,1-3H3. The van der Waals surface area contributed by atoms with Gasteiger partial charge in [0, 0.05) is 6.08 Å². The van der Waals surface area contributed by atoms with E-state index in [1.165, 1.54) is 23.5 Å². The molecule has 0 aliphatic carbocycles. The highest BCUT2D eigenvalue weighted by Crippen LogP contribution is 2.34. The summed E-state index contributed by atoms with van der Waals surface area (Å²) in [6.07, 6.45) is 3.41. The number of ether oxygens (including phenoxy) is 1. The number of rotatable bonds is 1. The van der Waals surface area contributed by atoms with Crippen LogP contribution in [-0.2, 0) is 15.1 Å². The molecular weight excluding hydrogens is 200 g/mol. The van der Waals surface area contributed by atoms with Gasteiger partial charge in [0.05, 0.1) is 12.7 Å². The van der Waals surface area contributed by atoms with Crippen molar-refractivity contribution in [3.05, 3.63) is 47.2 Å². The first-order chi connectivity index (χ1) is 7.51. The van der Waals surface area contributed by atoms with E-state index in [-0.39, 0.29) is 5.78 Å². The largest absolute Gasteiger partial charge is 0.490 e. The molecule has 2 nitrogen and oxygen atoms in total. The van der Waals surface area contributed by atoms with Crippen molar-refractivity contribution in [2.75, 3.05) is 0 Å². The molecule has 0 saturated heterocycles. The lowest BCUT2D eigenvalue weighted by atomic mass is 9.86. The highest BCUT2D eigenvalue weighted by Gasteiger charge is 2.33. The lowest BCUT2D eigenvalue weighted by Crippen LogP contribution is -2.30. The number of hydrogen-bond donors (Lipinski definition) is 0. The molecule has 84 valence electrons. The number of aryl methyl sites for hydroxylation is 2. The Morgan fingerprint density at radius 2 is 2.06 bits per heavy atom. The quantitative estimate of drug-likeness (QED) is 0.721. The molecule has 0 saturated carbocycles. The van der Waals surface area contributed by atoms with Crippen molar-refractivity contribution in [3.63, 3.8) is 0 Å². The predicted octanol–water partition coefficient (Wildman–Crippen LogP) is 3.02. The van der Waals surface area contributed by atoms with Crippen molar-refractivity contribution in [2.45, 2.75) is 32.8 Å². The maximum atomic E-state index is 11.5.